The highest BCUT2D eigenvalue weighted by Gasteiger charge is 1.85. The average Bonchev–Trinajstić information content (AvgIpc) is 1.68. The third kappa shape index (κ3) is 3.46. The molecule has 0 aliphatic rings. The van der Waals surface area contributed by atoms with Crippen LogP contribution in [0.25, 0.3) is 0 Å². The Hall–Kier alpha value is -0.730. The molecule has 0 aromatic carbocycles. The van der Waals surface area contributed by atoms with E-state index in [1.165, 1.54) is 6.08 Å². The molecule has 44 valence electrons. The van der Waals surface area contributed by atoms with Crippen LogP contribution in [-0.4, -0.2) is 17.9 Å². The van der Waals surface area contributed by atoms with Gasteiger partial charge in [0.25, 0.3) is 5.17 Å². The first-order valence-corrected chi connectivity index (χ1v) is 2.46. The van der Waals surface area contributed by atoms with Crippen molar-refractivity contribution in [1.29, 1.82) is 0 Å². The zero-order valence-electron chi connectivity index (χ0n) is 4.38. The van der Waals surface area contributed by atoms with Gasteiger partial charge in [0.15, 0.2) is 0 Å². The fourth-order valence-corrected chi connectivity index (χ4v) is 0.348. The average molecular weight is 131 g/mol. The summed E-state index contributed by atoms with van der Waals surface area (Å²) in [7, 11) is 0. The lowest BCUT2D eigenvalue weighted by Gasteiger charge is -1.92. The number of carbonyl (C=O) groups excluding carboxylic acids is 1. The second-order valence-electron chi connectivity index (χ2n) is 0.902. The second kappa shape index (κ2) is 4.43. The lowest BCUT2D eigenvalue weighted by atomic mass is 10.9. The fourth-order valence-electron chi connectivity index (χ4n) is 0.193. The van der Waals surface area contributed by atoms with Crippen LogP contribution in [0, 0.1) is 0 Å². The molecule has 0 N–H and O–H groups in total. The summed E-state index contributed by atoms with van der Waals surface area (Å²) in [5.41, 5.74) is 0. The summed E-state index contributed by atoms with van der Waals surface area (Å²) in [5.74, 6) is 0. The van der Waals surface area contributed by atoms with Crippen molar-refractivity contribution in [2.45, 2.75) is 6.92 Å². The van der Waals surface area contributed by atoms with Gasteiger partial charge in [-0.15, -0.1) is 4.99 Å². The molecule has 0 aliphatic carbocycles. The first-order chi connectivity index (χ1) is 3.81. The van der Waals surface area contributed by atoms with Crippen molar-refractivity contribution in [2.24, 2.45) is 4.99 Å². The van der Waals surface area contributed by atoms with E-state index in [1.807, 2.05) is 0 Å². The Morgan fingerprint density at radius 1 is 2.00 bits per heavy atom. The second-order valence-corrected chi connectivity index (χ2v) is 1.25. The van der Waals surface area contributed by atoms with E-state index in [4.69, 9.17) is 0 Å². The third-order valence-electron chi connectivity index (χ3n) is 0.405. The van der Waals surface area contributed by atoms with Gasteiger partial charge in [-0.05, 0) is 19.1 Å². The molecule has 0 heterocycles. The van der Waals surface area contributed by atoms with Crippen LogP contribution in [0.1, 0.15) is 6.92 Å². The molecular weight excluding hydrogens is 126 g/mol. The van der Waals surface area contributed by atoms with Crippen LogP contribution >= 0.6 is 12.2 Å². The molecule has 0 radical (unpaired) electrons. The maximum Gasteiger partial charge on any atom is 0.294 e. The molecule has 0 rings (SSSR count). The molecule has 4 heteroatoms. The fraction of sp³-hybridized carbons (Fsp3) is 0.500. The van der Waals surface area contributed by atoms with Crippen molar-refractivity contribution in [3.63, 3.8) is 0 Å². The molecule has 0 atom stereocenters. The van der Waals surface area contributed by atoms with Gasteiger partial charge in [-0.2, -0.15) is 0 Å². The summed E-state index contributed by atoms with van der Waals surface area (Å²) in [5, 5.41) is -0.0532. The number of thiocarbonyl (C=S) groups is 1. The van der Waals surface area contributed by atoms with Gasteiger partial charge in [0.05, 0.1) is 6.61 Å². The van der Waals surface area contributed by atoms with Gasteiger partial charge in [0.1, 0.15) is 0 Å². The van der Waals surface area contributed by atoms with Crippen molar-refractivity contribution < 1.29 is 9.53 Å². The van der Waals surface area contributed by atoms with Crippen molar-refractivity contribution >= 4 is 23.5 Å². The van der Waals surface area contributed by atoms with E-state index in [-0.39, 0.29) is 5.17 Å². The van der Waals surface area contributed by atoms with Crippen LogP contribution in [0.3, 0.4) is 0 Å². The van der Waals surface area contributed by atoms with E-state index >= 15 is 0 Å². The van der Waals surface area contributed by atoms with Gasteiger partial charge in [-0.1, -0.05) is 0 Å². The highest BCUT2D eigenvalue weighted by molar-refractivity contribution is 7.80. The molecule has 0 amide bonds. The van der Waals surface area contributed by atoms with Crippen LogP contribution in [0.5, 0.6) is 0 Å². The molecule has 0 aromatic heterocycles. The molecule has 0 aromatic rings. The van der Waals surface area contributed by atoms with Crippen LogP contribution in [-0.2, 0) is 9.53 Å². The largest absolute Gasteiger partial charge is 0.469 e. The number of nitrogens with zero attached hydrogens (tertiary/aromatic N) is 1. The van der Waals surface area contributed by atoms with Gasteiger partial charge in [0.2, 0.25) is 6.08 Å². The number of rotatable bonds is 1. The highest BCUT2D eigenvalue weighted by Crippen LogP contribution is 1.79. The topological polar surface area (TPSA) is 38.7 Å². The highest BCUT2D eigenvalue weighted by atomic mass is 32.1. The number of aliphatic imine (C=N–C) groups is 1. The number of hydrogen-bond acceptors (Lipinski definition) is 3. The first kappa shape index (κ1) is 7.27. The molecule has 8 heavy (non-hydrogen) atoms. The summed E-state index contributed by atoms with van der Waals surface area (Å²) in [6.07, 6.45) is 1.26. The normalized spacial score (nSPS) is 7.12. The first-order valence-electron chi connectivity index (χ1n) is 2.06. The van der Waals surface area contributed by atoms with E-state index < -0.39 is 0 Å². The Morgan fingerprint density at radius 2 is 2.62 bits per heavy atom. The van der Waals surface area contributed by atoms with E-state index in [0.717, 1.165) is 0 Å². The molecule has 0 aliphatic heterocycles. The summed E-state index contributed by atoms with van der Waals surface area (Å²) in [6.45, 7) is 2.19. The minimum Gasteiger partial charge on any atom is -0.469 e. The Balaban J connectivity index is 3.49. The Labute approximate surface area is 52.4 Å². The van der Waals surface area contributed by atoms with Crippen LogP contribution < -0.4 is 0 Å². The number of hydrogen-bond donors (Lipinski definition) is 0. The van der Waals surface area contributed by atoms with Gasteiger partial charge in [0, 0.05) is 0 Å². The van der Waals surface area contributed by atoms with Crippen molar-refractivity contribution in [2.75, 3.05) is 6.61 Å². The van der Waals surface area contributed by atoms with Gasteiger partial charge in [-0.3, -0.25) is 0 Å². The van der Waals surface area contributed by atoms with E-state index in [1.54, 1.807) is 6.92 Å². The summed E-state index contributed by atoms with van der Waals surface area (Å²) in [6, 6.07) is 0. The summed E-state index contributed by atoms with van der Waals surface area (Å²) in [4.78, 5) is 12.4. The van der Waals surface area contributed by atoms with Crippen LogP contribution in [0.15, 0.2) is 4.99 Å². The molecule has 0 unspecified atom stereocenters. The predicted octanol–water partition coefficient (Wildman–Crippen LogP) is 0.644. The Morgan fingerprint density at radius 3 is 3.00 bits per heavy atom. The van der Waals surface area contributed by atoms with Gasteiger partial charge in [-0.25, -0.2) is 4.79 Å². The Kier molecular flexibility index (Phi) is 4.03. The van der Waals surface area contributed by atoms with Crippen LogP contribution in [0.2, 0.25) is 0 Å². The van der Waals surface area contributed by atoms with E-state index in [2.05, 4.69) is 21.9 Å². The quantitative estimate of drug-likeness (QED) is 0.298. The molecular formula is C4H5NO2S. The maximum absolute atomic E-state index is 9.43. The smallest absolute Gasteiger partial charge is 0.294 e. The summed E-state index contributed by atoms with van der Waals surface area (Å²) < 4.78 is 4.58. The predicted molar refractivity (Wildman–Crippen MR) is 32.3 cm³/mol. The Bertz CT molecular complexity index is 128. The number of ether oxygens (including phenoxy) is 1. The zero-order valence-corrected chi connectivity index (χ0v) is 5.20. The molecule has 0 saturated heterocycles. The van der Waals surface area contributed by atoms with Crippen LogP contribution in [0.4, 0.5) is 0 Å². The zero-order chi connectivity index (χ0) is 6.41. The third-order valence-corrected chi connectivity index (χ3v) is 0.614. The van der Waals surface area contributed by atoms with Crippen molar-refractivity contribution in [1.82, 2.24) is 0 Å². The van der Waals surface area contributed by atoms with E-state index in [0.29, 0.717) is 6.61 Å². The maximum atomic E-state index is 9.43. The minimum absolute atomic E-state index is 0.0532. The van der Waals surface area contributed by atoms with E-state index in [9.17, 15) is 4.79 Å². The number of isocyanates is 1. The lowest BCUT2D eigenvalue weighted by molar-refractivity contribution is 0.332. The summed E-state index contributed by atoms with van der Waals surface area (Å²) >= 11 is 4.40. The van der Waals surface area contributed by atoms with Gasteiger partial charge >= 0.3 is 0 Å². The molecule has 0 bridgehead atoms. The van der Waals surface area contributed by atoms with Crippen molar-refractivity contribution in [3.8, 4) is 0 Å². The molecule has 0 spiro atoms. The molecule has 0 fully saturated rings. The molecule has 3 nitrogen and oxygen atoms in total. The van der Waals surface area contributed by atoms with Gasteiger partial charge < -0.3 is 4.74 Å². The minimum atomic E-state index is -0.0532. The lowest BCUT2D eigenvalue weighted by Crippen LogP contribution is -1.95. The standard InChI is InChI=1S/C4H5NO2S/c1-2-7-4(8)5-3-6/h2H2,1H3. The van der Waals surface area contributed by atoms with Crippen molar-refractivity contribution in [3.05, 3.63) is 0 Å². The monoisotopic (exact) mass is 131 g/mol. The SMILES string of the molecule is CCOC(=S)N=C=O. The molecule has 0 saturated carbocycles.